The van der Waals surface area contributed by atoms with E-state index < -0.39 is 0 Å². The van der Waals surface area contributed by atoms with Gasteiger partial charge in [0.05, 0.1) is 6.10 Å². The van der Waals surface area contributed by atoms with Crippen molar-refractivity contribution in [2.45, 2.75) is 44.4 Å². The van der Waals surface area contributed by atoms with E-state index in [1.165, 1.54) is 25.3 Å². The van der Waals surface area contributed by atoms with Gasteiger partial charge in [-0.25, -0.2) is 4.39 Å². The summed E-state index contributed by atoms with van der Waals surface area (Å²) in [5, 5.41) is 6.84. The predicted octanol–water partition coefficient (Wildman–Crippen LogP) is 2.45. The van der Waals surface area contributed by atoms with E-state index >= 15 is 0 Å². The SMILES string of the molecule is CN=C(NCc1ccccc1F)NC1C2CCOC2C12CCC2. The molecular formula is C18H24FN3O. The lowest BCUT2D eigenvalue weighted by Crippen LogP contribution is -2.72. The molecule has 1 aromatic carbocycles. The third-order valence-corrected chi connectivity index (χ3v) is 5.96. The van der Waals surface area contributed by atoms with Crippen LogP contribution in [0.15, 0.2) is 29.3 Å². The van der Waals surface area contributed by atoms with Crippen LogP contribution in [0.3, 0.4) is 0 Å². The van der Waals surface area contributed by atoms with E-state index in [1.807, 2.05) is 6.07 Å². The monoisotopic (exact) mass is 317 g/mol. The lowest BCUT2D eigenvalue weighted by Gasteiger charge is -2.63. The van der Waals surface area contributed by atoms with Crippen LogP contribution in [-0.2, 0) is 11.3 Å². The van der Waals surface area contributed by atoms with E-state index in [4.69, 9.17) is 4.74 Å². The Morgan fingerprint density at radius 3 is 2.91 bits per heavy atom. The Morgan fingerprint density at radius 1 is 1.39 bits per heavy atom. The third-order valence-electron chi connectivity index (χ3n) is 5.96. The Bertz CT molecular complexity index is 614. The fraction of sp³-hybridized carbons (Fsp3) is 0.611. The number of halogens is 1. The maximum Gasteiger partial charge on any atom is 0.191 e. The largest absolute Gasteiger partial charge is 0.377 e. The number of rotatable bonds is 3. The van der Waals surface area contributed by atoms with Crippen LogP contribution in [0.1, 0.15) is 31.2 Å². The van der Waals surface area contributed by atoms with Gasteiger partial charge in [-0.2, -0.15) is 0 Å². The molecule has 3 unspecified atom stereocenters. The van der Waals surface area contributed by atoms with E-state index in [0.717, 1.165) is 19.0 Å². The van der Waals surface area contributed by atoms with Gasteiger partial charge < -0.3 is 15.4 Å². The van der Waals surface area contributed by atoms with Gasteiger partial charge in [0, 0.05) is 43.1 Å². The second kappa shape index (κ2) is 5.78. The van der Waals surface area contributed by atoms with Crippen LogP contribution in [0.25, 0.3) is 0 Å². The number of fused-ring (bicyclic) bond motifs is 2. The molecule has 1 spiro atoms. The summed E-state index contributed by atoms with van der Waals surface area (Å²) >= 11 is 0. The van der Waals surface area contributed by atoms with Crippen molar-refractivity contribution in [3.63, 3.8) is 0 Å². The molecule has 0 aromatic heterocycles. The van der Waals surface area contributed by atoms with Gasteiger partial charge in [0.2, 0.25) is 0 Å². The molecule has 1 aliphatic heterocycles. The van der Waals surface area contributed by atoms with E-state index in [-0.39, 0.29) is 5.82 Å². The molecule has 2 N–H and O–H groups in total. The van der Waals surface area contributed by atoms with Crippen molar-refractivity contribution in [1.82, 2.24) is 10.6 Å². The van der Waals surface area contributed by atoms with E-state index in [2.05, 4.69) is 15.6 Å². The molecule has 124 valence electrons. The van der Waals surface area contributed by atoms with Crippen molar-refractivity contribution in [3.8, 4) is 0 Å². The fourth-order valence-corrected chi connectivity index (χ4v) is 4.62. The van der Waals surface area contributed by atoms with Crippen LogP contribution in [0.2, 0.25) is 0 Å². The number of hydrogen-bond acceptors (Lipinski definition) is 2. The van der Waals surface area contributed by atoms with E-state index in [0.29, 0.717) is 35.6 Å². The Balaban J connectivity index is 1.40. The number of nitrogens with one attached hydrogen (secondary N) is 2. The summed E-state index contributed by atoms with van der Waals surface area (Å²) in [4.78, 5) is 4.32. The van der Waals surface area contributed by atoms with E-state index in [1.54, 1.807) is 19.2 Å². The van der Waals surface area contributed by atoms with Crippen LogP contribution in [0.5, 0.6) is 0 Å². The Kier molecular flexibility index (Phi) is 3.76. The zero-order chi connectivity index (χ0) is 15.9. The molecule has 4 rings (SSSR count). The number of benzene rings is 1. The zero-order valence-corrected chi connectivity index (χ0v) is 13.5. The number of ether oxygens (including phenoxy) is 1. The molecule has 3 aliphatic rings. The molecular weight excluding hydrogens is 293 g/mol. The lowest BCUT2D eigenvalue weighted by molar-refractivity contribution is -0.171. The third kappa shape index (κ3) is 2.33. The summed E-state index contributed by atoms with van der Waals surface area (Å²) in [6, 6.07) is 7.29. The van der Waals surface area contributed by atoms with Crippen LogP contribution in [0, 0.1) is 17.2 Å². The topological polar surface area (TPSA) is 45.7 Å². The fourth-order valence-electron chi connectivity index (χ4n) is 4.62. The highest BCUT2D eigenvalue weighted by Crippen LogP contribution is 2.62. The summed E-state index contributed by atoms with van der Waals surface area (Å²) in [7, 11) is 1.77. The quantitative estimate of drug-likeness (QED) is 0.665. The lowest BCUT2D eigenvalue weighted by atomic mass is 9.46. The molecule has 1 heterocycles. The number of nitrogens with zero attached hydrogens (tertiary/aromatic N) is 1. The second-order valence-corrected chi connectivity index (χ2v) is 6.97. The highest BCUT2D eigenvalue weighted by Gasteiger charge is 2.66. The molecule has 23 heavy (non-hydrogen) atoms. The first-order chi connectivity index (χ1) is 11.2. The summed E-state index contributed by atoms with van der Waals surface area (Å²) in [6.45, 7) is 1.33. The van der Waals surface area contributed by atoms with Gasteiger partial charge >= 0.3 is 0 Å². The second-order valence-electron chi connectivity index (χ2n) is 6.97. The van der Waals surface area contributed by atoms with Crippen molar-refractivity contribution >= 4 is 5.96 Å². The van der Waals surface area contributed by atoms with Crippen molar-refractivity contribution in [2.24, 2.45) is 16.3 Å². The zero-order valence-electron chi connectivity index (χ0n) is 13.5. The first-order valence-corrected chi connectivity index (χ1v) is 8.57. The number of aliphatic imine (C=N–C) groups is 1. The maximum absolute atomic E-state index is 13.7. The molecule has 1 aromatic rings. The van der Waals surface area contributed by atoms with Gasteiger partial charge in [0.1, 0.15) is 5.82 Å². The molecule has 4 nitrogen and oxygen atoms in total. The minimum atomic E-state index is -0.182. The van der Waals surface area contributed by atoms with Gasteiger partial charge in [-0.1, -0.05) is 24.6 Å². The van der Waals surface area contributed by atoms with Crippen molar-refractivity contribution in [1.29, 1.82) is 0 Å². The van der Waals surface area contributed by atoms with Gasteiger partial charge in [0.25, 0.3) is 0 Å². The molecule has 5 heteroatoms. The van der Waals surface area contributed by atoms with Crippen LogP contribution in [-0.4, -0.2) is 31.8 Å². The predicted molar refractivity (Wildman–Crippen MR) is 87.7 cm³/mol. The first kappa shape index (κ1) is 14.9. The average molecular weight is 317 g/mol. The van der Waals surface area contributed by atoms with Crippen molar-refractivity contribution in [2.75, 3.05) is 13.7 Å². The minimum Gasteiger partial charge on any atom is -0.377 e. The van der Waals surface area contributed by atoms with Crippen LogP contribution in [0.4, 0.5) is 4.39 Å². The molecule has 0 amide bonds. The molecule has 2 saturated carbocycles. The average Bonchev–Trinajstić information content (AvgIpc) is 2.92. The standard InChI is InChI=1S/C18H24FN3O/c1-20-17(21-11-12-5-2-3-6-14(12)19)22-15-13-7-10-23-16(13)18(15)8-4-9-18/h2-3,5-6,13,15-16H,4,7-11H2,1H3,(H2,20,21,22). The highest BCUT2D eigenvalue weighted by atomic mass is 19.1. The van der Waals surface area contributed by atoms with Crippen molar-refractivity contribution in [3.05, 3.63) is 35.6 Å². The van der Waals surface area contributed by atoms with E-state index in [9.17, 15) is 4.39 Å². The Labute approximate surface area is 136 Å². The van der Waals surface area contributed by atoms with Crippen LogP contribution >= 0.6 is 0 Å². The smallest absolute Gasteiger partial charge is 0.191 e. The van der Waals surface area contributed by atoms with Gasteiger partial charge in [0.15, 0.2) is 5.96 Å². The first-order valence-electron chi connectivity index (χ1n) is 8.57. The van der Waals surface area contributed by atoms with Gasteiger partial charge in [-0.3, -0.25) is 4.99 Å². The molecule has 0 radical (unpaired) electrons. The number of hydrogen-bond donors (Lipinski definition) is 2. The maximum atomic E-state index is 13.7. The molecule has 1 saturated heterocycles. The van der Waals surface area contributed by atoms with Gasteiger partial charge in [-0.15, -0.1) is 0 Å². The summed E-state index contributed by atoms with van der Waals surface area (Å²) in [6.07, 6.45) is 5.37. The Hall–Kier alpha value is -1.62. The highest BCUT2D eigenvalue weighted by molar-refractivity contribution is 5.80. The Morgan fingerprint density at radius 2 is 2.22 bits per heavy atom. The van der Waals surface area contributed by atoms with Crippen LogP contribution < -0.4 is 10.6 Å². The number of guanidine groups is 1. The molecule has 3 atom stereocenters. The van der Waals surface area contributed by atoms with Crippen molar-refractivity contribution < 1.29 is 9.13 Å². The van der Waals surface area contributed by atoms with Gasteiger partial charge in [-0.05, 0) is 25.3 Å². The molecule has 3 fully saturated rings. The minimum absolute atomic E-state index is 0.182. The molecule has 2 aliphatic carbocycles. The summed E-state index contributed by atoms with van der Waals surface area (Å²) < 4.78 is 19.7. The summed E-state index contributed by atoms with van der Waals surface area (Å²) in [5.41, 5.74) is 0.973. The summed E-state index contributed by atoms with van der Waals surface area (Å²) in [5.74, 6) is 1.18. The molecule has 0 bridgehead atoms. The normalized spacial score (nSPS) is 31.2.